The van der Waals surface area contributed by atoms with Crippen molar-refractivity contribution >= 4 is 29.0 Å². The third-order valence-electron chi connectivity index (χ3n) is 12.4. The van der Waals surface area contributed by atoms with Crippen molar-refractivity contribution in [2.45, 2.75) is 86.1 Å². The lowest BCUT2D eigenvalue weighted by Gasteiger charge is -2.63. The van der Waals surface area contributed by atoms with Crippen LogP contribution in [0.4, 0.5) is 14.5 Å². The fourth-order valence-electron chi connectivity index (χ4n) is 10.1. The van der Waals surface area contributed by atoms with Crippen LogP contribution in [0.3, 0.4) is 0 Å². The summed E-state index contributed by atoms with van der Waals surface area (Å²) in [6, 6.07) is 11.6. The first kappa shape index (κ1) is 32.1. The van der Waals surface area contributed by atoms with E-state index in [0.29, 0.717) is 23.6 Å². The van der Waals surface area contributed by atoms with Crippen molar-refractivity contribution in [3.8, 4) is 5.75 Å². The zero-order valence-corrected chi connectivity index (χ0v) is 27.6. The number of carbonyl (C=O) groups excluding carboxylic acids is 2. The Kier molecular flexibility index (Phi) is 7.33. The Hall–Kier alpha value is -3.09. The maximum absolute atomic E-state index is 17.6. The van der Waals surface area contributed by atoms with Crippen LogP contribution in [0, 0.1) is 22.7 Å². The first-order chi connectivity index (χ1) is 22.9. The van der Waals surface area contributed by atoms with Crippen LogP contribution in [0.25, 0.3) is 0 Å². The maximum Gasteiger partial charge on any atom is 0.193 e. The lowest BCUT2D eigenvalue weighted by atomic mass is 9.44. The molecule has 0 bridgehead atoms. The van der Waals surface area contributed by atoms with Crippen LogP contribution < -0.4 is 10.5 Å². The number of aliphatic hydroxyl groups is 2. The molecular formula is C37H39F2NO7S. The highest BCUT2D eigenvalue weighted by atomic mass is 32.2. The summed E-state index contributed by atoms with van der Waals surface area (Å²) < 4.78 is 52.2. The van der Waals surface area contributed by atoms with Gasteiger partial charge in [0.2, 0.25) is 0 Å². The predicted octanol–water partition coefficient (Wildman–Crippen LogP) is 5.14. The summed E-state index contributed by atoms with van der Waals surface area (Å²) >= 11 is 1.70. The van der Waals surface area contributed by atoms with Gasteiger partial charge in [0.15, 0.2) is 29.1 Å². The Balaban J connectivity index is 1.06. The van der Waals surface area contributed by atoms with Gasteiger partial charge in [-0.2, -0.15) is 0 Å². The van der Waals surface area contributed by atoms with Gasteiger partial charge in [0.25, 0.3) is 0 Å². The zero-order chi connectivity index (χ0) is 33.8. The second-order valence-corrected chi connectivity index (χ2v) is 15.6. The molecule has 10 atom stereocenters. The standard InChI is InChI=1S/C37H39F2NO7S/c1-34-11-9-21(42)13-25(34)26(38)14-24-23-15-31-37(30(44)17-41,35(23,2)16-29(43)36(24,34)39)47-33(46-31)20-5-3-19(4-6-20)18-48-28-8-7-27(40)32-22(28)10-12-45-32/h3-9,11,13,23-24,26,29,31,33,41,43H,10,12,14-18,40H2,1-2H3/t23-,24-,26-,29-,31+,33+,34-,35-,36-,37+/m0/s1. The van der Waals surface area contributed by atoms with E-state index in [0.717, 1.165) is 34.3 Å². The lowest BCUT2D eigenvalue weighted by Crippen LogP contribution is -2.70. The number of anilines is 1. The van der Waals surface area contributed by atoms with Crippen molar-refractivity contribution in [3.05, 3.63) is 76.9 Å². The maximum atomic E-state index is 17.6. The molecule has 2 aliphatic heterocycles. The lowest BCUT2D eigenvalue weighted by molar-refractivity contribution is -0.235. The highest BCUT2D eigenvalue weighted by Gasteiger charge is 2.80. The van der Waals surface area contributed by atoms with Gasteiger partial charge in [-0.05, 0) is 67.5 Å². The molecule has 254 valence electrons. The minimum absolute atomic E-state index is 0.0385. The number of alkyl halides is 2. The number of thioether (sulfide) groups is 1. The summed E-state index contributed by atoms with van der Waals surface area (Å²) in [6.45, 7) is 3.11. The number of fused-ring (bicyclic) bond motifs is 8. The molecule has 48 heavy (non-hydrogen) atoms. The number of nitrogen functional groups attached to an aromatic ring is 1. The average molecular weight is 680 g/mol. The van der Waals surface area contributed by atoms with E-state index in [1.54, 1.807) is 25.6 Å². The summed E-state index contributed by atoms with van der Waals surface area (Å²) in [5.41, 5.74) is 2.95. The van der Waals surface area contributed by atoms with Gasteiger partial charge < -0.3 is 30.2 Å². The number of allylic oxidation sites excluding steroid dienone is 4. The molecule has 8 rings (SSSR count). The van der Waals surface area contributed by atoms with Gasteiger partial charge in [-0.15, -0.1) is 11.8 Å². The third kappa shape index (κ3) is 4.14. The third-order valence-corrected chi connectivity index (χ3v) is 13.6. The van der Waals surface area contributed by atoms with E-state index in [-0.39, 0.29) is 24.8 Å². The van der Waals surface area contributed by atoms with Crippen LogP contribution in [-0.2, 0) is 31.2 Å². The summed E-state index contributed by atoms with van der Waals surface area (Å²) in [5, 5.41) is 21.9. The number of Topliss-reactive ketones (excluding diaryl/α,β-unsaturated/α-hetero) is 1. The molecule has 0 radical (unpaired) electrons. The number of hydrogen-bond donors (Lipinski definition) is 3. The summed E-state index contributed by atoms with van der Waals surface area (Å²) in [6.07, 6.45) is -0.598. The Morgan fingerprint density at radius 1 is 1.12 bits per heavy atom. The number of benzene rings is 2. The highest BCUT2D eigenvalue weighted by molar-refractivity contribution is 7.98. The fraction of sp³-hybridized carbons (Fsp3) is 0.514. The predicted molar refractivity (Wildman–Crippen MR) is 174 cm³/mol. The minimum atomic E-state index is -2.29. The van der Waals surface area contributed by atoms with Gasteiger partial charge in [0.1, 0.15) is 18.5 Å². The summed E-state index contributed by atoms with van der Waals surface area (Å²) in [7, 11) is 0. The van der Waals surface area contributed by atoms with E-state index in [9.17, 15) is 19.8 Å². The van der Waals surface area contributed by atoms with Crippen molar-refractivity contribution in [1.82, 2.24) is 0 Å². The Labute approximate surface area is 281 Å². The molecule has 3 saturated carbocycles. The molecule has 0 aromatic heterocycles. The van der Waals surface area contributed by atoms with Crippen LogP contribution in [0.15, 0.2) is 65.1 Å². The highest BCUT2D eigenvalue weighted by Crippen LogP contribution is 2.72. The van der Waals surface area contributed by atoms with Gasteiger partial charge in [-0.1, -0.05) is 37.3 Å². The second-order valence-electron chi connectivity index (χ2n) is 14.6. The monoisotopic (exact) mass is 679 g/mol. The molecule has 2 aromatic carbocycles. The van der Waals surface area contributed by atoms with Gasteiger partial charge in [-0.3, -0.25) is 9.59 Å². The van der Waals surface area contributed by atoms with Crippen molar-refractivity contribution in [2.24, 2.45) is 22.7 Å². The molecule has 0 amide bonds. The quantitative estimate of drug-likeness (QED) is 0.281. The number of ether oxygens (including phenoxy) is 3. The molecular weight excluding hydrogens is 640 g/mol. The van der Waals surface area contributed by atoms with Crippen LogP contribution >= 0.6 is 11.8 Å². The SMILES string of the molecule is C[C@]12C=CC(=O)C=C1[C@@H](F)C[C@H]1[C@@H]3C[C@H]4O[C@@H](c5ccc(CSc6ccc(N)c7c6CCO7)cc5)O[C@@]4(C(=O)CO)[C@@]3(C)C[C@H](O)[C@@]12F. The number of ketones is 2. The van der Waals surface area contributed by atoms with Crippen molar-refractivity contribution in [2.75, 3.05) is 18.9 Å². The number of nitrogens with two attached hydrogens (primary N) is 1. The molecule has 0 spiro atoms. The first-order valence-corrected chi connectivity index (χ1v) is 17.6. The van der Waals surface area contributed by atoms with Crippen LogP contribution in [0.2, 0.25) is 0 Å². The van der Waals surface area contributed by atoms with Gasteiger partial charge in [0, 0.05) is 44.9 Å². The molecule has 2 aromatic rings. The minimum Gasteiger partial charge on any atom is -0.491 e. The largest absolute Gasteiger partial charge is 0.491 e. The molecule has 0 unspecified atom stereocenters. The zero-order valence-electron chi connectivity index (χ0n) is 26.8. The number of aliphatic hydroxyl groups excluding tert-OH is 2. The number of carbonyl (C=O) groups is 2. The van der Waals surface area contributed by atoms with Gasteiger partial charge >= 0.3 is 0 Å². The van der Waals surface area contributed by atoms with Crippen molar-refractivity contribution < 1.29 is 42.8 Å². The molecule has 8 nitrogen and oxygen atoms in total. The second kappa shape index (κ2) is 11.0. The van der Waals surface area contributed by atoms with Crippen LogP contribution in [-0.4, -0.2) is 64.6 Å². The normalized spacial score (nSPS) is 40.7. The van der Waals surface area contributed by atoms with E-state index < -0.39 is 76.8 Å². The van der Waals surface area contributed by atoms with Crippen molar-refractivity contribution in [1.29, 1.82) is 0 Å². The Bertz CT molecular complexity index is 1770. The Morgan fingerprint density at radius 3 is 2.65 bits per heavy atom. The van der Waals surface area contributed by atoms with Crippen LogP contribution in [0.5, 0.6) is 5.75 Å². The van der Waals surface area contributed by atoms with Crippen molar-refractivity contribution in [3.63, 3.8) is 0 Å². The summed E-state index contributed by atoms with van der Waals surface area (Å²) in [4.78, 5) is 27.1. The molecule has 6 aliphatic rings. The topological polar surface area (TPSA) is 128 Å². The van der Waals surface area contributed by atoms with Crippen LogP contribution in [0.1, 0.15) is 56.1 Å². The molecule has 4 N–H and O–H groups in total. The number of rotatable bonds is 6. The smallest absolute Gasteiger partial charge is 0.193 e. The average Bonchev–Trinajstić information content (AvgIpc) is 3.77. The Morgan fingerprint density at radius 2 is 1.90 bits per heavy atom. The van der Waals surface area contributed by atoms with Gasteiger partial charge in [-0.25, -0.2) is 8.78 Å². The molecule has 2 heterocycles. The first-order valence-electron chi connectivity index (χ1n) is 16.6. The van der Waals surface area contributed by atoms with E-state index in [2.05, 4.69) is 0 Å². The van der Waals surface area contributed by atoms with E-state index >= 15 is 8.78 Å². The molecule has 11 heteroatoms. The van der Waals surface area contributed by atoms with E-state index in [1.165, 1.54) is 12.2 Å². The molecule has 4 aliphatic carbocycles. The fourth-order valence-corrected chi connectivity index (χ4v) is 11.1. The van der Waals surface area contributed by atoms with E-state index in [4.69, 9.17) is 19.9 Å². The molecule has 1 saturated heterocycles. The number of halogens is 2. The summed E-state index contributed by atoms with van der Waals surface area (Å²) in [5.74, 6) is -1.13. The van der Waals surface area contributed by atoms with Gasteiger partial charge in [0.05, 0.1) is 24.5 Å². The van der Waals surface area contributed by atoms with E-state index in [1.807, 2.05) is 36.4 Å². The number of hydrogen-bond acceptors (Lipinski definition) is 9. The molecule has 4 fully saturated rings.